The molecule has 0 saturated carbocycles. The Morgan fingerprint density at radius 3 is 2.18 bits per heavy atom. The molecule has 2 bridgehead atoms. The Kier molecular flexibility index (Phi) is 2.46. The maximum atomic E-state index is 6.50. The normalized spacial score (nSPS) is 10.8. The molecule has 0 spiro atoms. The molecule has 0 fully saturated rings. The zero-order valence-corrected chi connectivity index (χ0v) is 6.37. The van der Waals surface area contributed by atoms with Gasteiger partial charge in [-0.25, -0.2) is 5.90 Å². The van der Waals surface area contributed by atoms with Crippen LogP contribution in [0.4, 0.5) is 0 Å². The van der Waals surface area contributed by atoms with Gasteiger partial charge < -0.3 is 9.94 Å². The molecule has 3 rings (SSSR count). The predicted octanol–water partition coefficient (Wildman–Crippen LogP) is 0.934. The van der Waals surface area contributed by atoms with Gasteiger partial charge in [-0.3, -0.25) is 0 Å². The summed E-state index contributed by atoms with van der Waals surface area (Å²) in [5, 5.41) is 6.50. The maximum Gasteiger partial charge on any atom is 0.125 e. The van der Waals surface area contributed by atoms with Crippen LogP contribution >= 0.6 is 0 Å². The van der Waals surface area contributed by atoms with Crippen LogP contribution < -0.4 is 10.6 Å². The Balaban J connectivity index is 0.000000281. The number of fused-ring (bicyclic) bond motifs is 2. The highest BCUT2D eigenvalue weighted by molar-refractivity contribution is 5.53. The van der Waals surface area contributed by atoms with Crippen molar-refractivity contribution in [2.75, 3.05) is 7.11 Å². The Hall–Kier alpha value is -1.06. The van der Waals surface area contributed by atoms with Gasteiger partial charge >= 0.3 is 0 Å². The van der Waals surface area contributed by atoms with E-state index in [1.54, 1.807) is 7.11 Å². The lowest BCUT2D eigenvalue weighted by molar-refractivity contribution is 0.311. The number of para-hydroxylation sites is 1. The monoisotopic (exact) mass is 153 g/mol. The second kappa shape index (κ2) is 3.37. The molecular formula is C8H11NO2. The number of hydrogen-bond acceptors (Lipinski definition) is 3. The zero-order valence-electron chi connectivity index (χ0n) is 6.37. The van der Waals surface area contributed by atoms with Crippen molar-refractivity contribution in [2.45, 2.75) is 6.42 Å². The molecule has 0 aromatic heterocycles. The minimum Gasteiger partial charge on any atom is -0.496 e. The Bertz CT molecular complexity index is 228. The van der Waals surface area contributed by atoms with Crippen LogP contribution in [0.25, 0.3) is 0 Å². The summed E-state index contributed by atoms with van der Waals surface area (Å²) < 4.78 is 5.11. The van der Waals surface area contributed by atoms with E-state index in [1.807, 2.05) is 0 Å². The minimum absolute atomic E-state index is 1.09. The molecule has 3 heteroatoms. The Morgan fingerprint density at radius 2 is 1.91 bits per heavy atom. The van der Waals surface area contributed by atoms with E-state index in [1.165, 1.54) is 11.1 Å². The summed E-state index contributed by atoms with van der Waals surface area (Å²) in [5.41, 5.74) is 2.69. The molecule has 1 aromatic carbocycles. The fourth-order valence-electron chi connectivity index (χ4n) is 1.28. The average Bonchev–Trinajstić information content (AvgIpc) is 2.10. The lowest BCUT2D eigenvalue weighted by atomic mass is 9.91. The molecule has 3 nitrogen and oxygen atoms in total. The summed E-state index contributed by atoms with van der Waals surface area (Å²) in [6.45, 7) is 0. The summed E-state index contributed by atoms with van der Waals surface area (Å²) in [5.74, 6) is 4.59. The van der Waals surface area contributed by atoms with Gasteiger partial charge in [-0.2, -0.15) is 0 Å². The summed E-state index contributed by atoms with van der Waals surface area (Å²) in [6.07, 6.45) is 1.11. The fraction of sp³-hybridized carbons (Fsp3) is 0.250. The van der Waals surface area contributed by atoms with Crippen molar-refractivity contribution in [3.05, 3.63) is 29.3 Å². The molecule has 0 saturated heterocycles. The van der Waals surface area contributed by atoms with Crippen molar-refractivity contribution in [2.24, 2.45) is 5.90 Å². The smallest absolute Gasteiger partial charge is 0.125 e. The van der Waals surface area contributed by atoms with Crippen molar-refractivity contribution in [3.8, 4) is 5.75 Å². The lowest BCUT2D eigenvalue weighted by Crippen LogP contribution is -2.06. The first-order chi connectivity index (χ1) is 5.42. The van der Waals surface area contributed by atoms with E-state index in [0.29, 0.717) is 0 Å². The van der Waals surface area contributed by atoms with E-state index in [0.717, 1.165) is 12.2 Å². The summed E-state index contributed by atoms with van der Waals surface area (Å²) in [7, 11) is 1.72. The molecule has 2 aliphatic rings. The number of ether oxygens (including phenoxy) is 1. The molecule has 0 unspecified atom stereocenters. The molecule has 0 amide bonds. The Morgan fingerprint density at radius 1 is 1.36 bits per heavy atom. The zero-order chi connectivity index (χ0) is 8.27. The molecule has 11 heavy (non-hydrogen) atoms. The van der Waals surface area contributed by atoms with Crippen LogP contribution in [-0.2, 0) is 6.42 Å². The summed E-state index contributed by atoms with van der Waals surface area (Å²) in [6, 6.07) is 6.27. The number of hydrogen-bond donors (Lipinski definition) is 2. The molecule has 2 aliphatic carbocycles. The van der Waals surface area contributed by atoms with Gasteiger partial charge in [-0.15, -0.1) is 0 Å². The van der Waals surface area contributed by atoms with Gasteiger partial charge in [0.1, 0.15) is 5.75 Å². The van der Waals surface area contributed by atoms with Gasteiger partial charge in [-0.1, -0.05) is 18.2 Å². The second-order valence-electron chi connectivity index (χ2n) is 2.29. The van der Waals surface area contributed by atoms with Gasteiger partial charge in [0, 0.05) is 6.42 Å². The predicted molar refractivity (Wildman–Crippen MR) is 41.8 cm³/mol. The molecular weight excluding hydrogens is 142 g/mol. The van der Waals surface area contributed by atoms with Crippen LogP contribution in [0.3, 0.4) is 0 Å². The van der Waals surface area contributed by atoms with E-state index in [2.05, 4.69) is 24.1 Å². The number of nitrogens with two attached hydrogens (primary N) is 1. The fourth-order valence-corrected chi connectivity index (χ4v) is 1.28. The van der Waals surface area contributed by atoms with Crippen molar-refractivity contribution in [3.63, 3.8) is 0 Å². The van der Waals surface area contributed by atoms with Crippen molar-refractivity contribution >= 4 is 0 Å². The van der Waals surface area contributed by atoms with Gasteiger partial charge in [0.05, 0.1) is 7.11 Å². The summed E-state index contributed by atoms with van der Waals surface area (Å²) in [4.78, 5) is 0. The third kappa shape index (κ3) is 1.20. The number of methoxy groups -OCH3 is 1. The Labute approximate surface area is 65.4 Å². The molecule has 0 heterocycles. The van der Waals surface area contributed by atoms with E-state index >= 15 is 0 Å². The molecule has 0 aliphatic heterocycles. The van der Waals surface area contributed by atoms with Gasteiger partial charge in [0.15, 0.2) is 0 Å². The lowest BCUT2D eigenvalue weighted by Gasteiger charge is -2.20. The highest BCUT2D eigenvalue weighted by atomic mass is 16.5. The highest BCUT2D eigenvalue weighted by Crippen LogP contribution is 2.35. The van der Waals surface area contributed by atoms with Crippen LogP contribution in [0, 0.1) is 0 Å². The molecule has 0 radical (unpaired) electrons. The summed E-state index contributed by atoms with van der Waals surface area (Å²) >= 11 is 0. The quantitative estimate of drug-likeness (QED) is 0.599. The highest BCUT2D eigenvalue weighted by Gasteiger charge is 2.17. The first-order valence-electron chi connectivity index (χ1n) is 3.32. The SMILES string of the molecule is COc1c2cccc1C2.NO. The second-order valence-corrected chi connectivity index (χ2v) is 2.29. The molecule has 60 valence electrons. The van der Waals surface area contributed by atoms with Crippen molar-refractivity contribution in [1.29, 1.82) is 0 Å². The van der Waals surface area contributed by atoms with Crippen LogP contribution in [0.5, 0.6) is 5.75 Å². The number of rotatable bonds is 1. The van der Waals surface area contributed by atoms with Gasteiger partial charge in [0.2, 0.25) is 0 Å². The standard InChI is InChI=1S/C8H8O.H3NO/c1-9-8-6-3-2-4-7(8)5-6;1-2/h2-4H,5H2,1H3;2H,1H2. The maximum absolute atomic E-state index is 6.50. The number of benzene rings is 1. The van der Waals surface area contributed by atoms with Gasteiger partial charge in [-0.05, 0) is 11.1 Å². The van der Waals surface area contributed by atoms with Crippen molar-refractivity contribution in [1.82, 2.24) is 0 Å². The molecule has 3 N–H and O–H groups in total. The minimum atomic E-state index is 1.09. The van der Waals surface area contributed by atoms with Crippen LogP contribution in [0.15, 0.2) is 18.2 Å². The van der Waals surface area contributed by atoms with Crippen molar-refractivity contribution < 1.29 is 9.94 Å². The van der Waals surface area contributed by atoms with E-state index in [4.69, 9.17) is 9.94 Å². The third-order valence-electron chi connectivity index (χ3n) is 1.76. The largest absolute Gasteiger partial charge is 0.496 e. The average molecular weight is 153 g/mol. The van der Waals surface area contributed by atoms with Crippen LogP contribution in [-0.4, -0.2) is 12.3 Å². The third-order valence-corrected chi connectivity index (χ3v) is 1.76. The topological polar surface area (TPSA) is 55.5 Å². The molecule has 1 aromatic rings. The first-order valence-corrected chi connectivity index (χ1v) is 3.32. The molecule has 0 atom stereocenters. The van der Waals surface area contributed by atoms with Crippen LogP contribution in [0.2, 0.25) is 0 Å². The van der Waals surface area contributed by atoms with E-state index < -0.39 is 0 Å². The first kappa shape index (κ1) is 8.04. The van der Waals surface area contributed by atoms with E-state index in [9.17, 15) is 0 Å². The van der Waals surface area contributed by atoms with Gasteiger partial charge in [0.25, 0.3) is 0 Å². The van der Waals surface area contributed by atoms with E-state index in [-0.39, 0.29) is 0 Å². The van der Waals surface area contributed by atoms with Crippen LogP contribution in [0.1, 0.15) is 11.1 Å².